The second-order valence-corrected chi connectivity index (χ2v) is 6.70. The van der Waals surface area contributed by atoms with Gasteiger partial charge in [0.2, 0.25) is 0 Å². The first-order valence-electron chi connectivity index (χ1n) is 8.72. The molecule has 0 fully saturated rings. The van der Waals surface area contributed by atoms with Crippen molar-refractivity contribution in [2.75, 3.05) is 6.54 Å². The Hall–Kier alpha value is -2.38. The van der Waals surface area contributed by atoms with Crippen molar-refractivity contribution >= 4 is 0 Å². The molecule has 120 valence electrons. The van der Waals surface area contributed by atoms with E-state index in [9.17, 15) is 0 Å². The van der Waals surface area contributed by atoms with Gasteiger partial charge in [-0.1, -0.05) is 60.7 Å². The molecule has 1 aliphatic heterocycles. The summed E-state index contributed by atoms with van der Waals surface area (Å²) in [5.74, 6) is 0. The van der Waals surface area contributed by atoms with Gasteiger partial charge in [-0.15, -0.1) is 0 Å². The van der Waals surface area contributed by atoms with E-state index >= 15 is 0 Å². The predicted octanol–water partition coefficient (Wildman–Crippen LogP) is 5.28. The van der Waals surface area contributed by atoms with Gasteiger partial charge in [-0.2, -0.15) is 0 Å². The molecule has 1 aliphatic rings. The number of benzene rings is 3. The Balaban J connectivity index is 1.83. The maximum Gasteiger partial charge on any atom is 0.0208 e. The summed E-state index contributed by atoms with van der Waals surface area (Å²) in [7, 11) is 0. The Kier molecular flexibility index (Phi) is 3.95. The molecule has 1 heteroatoms. The second kappa shape index (κ2) is 6.26. The van der Waals surface area contributed by atoms with Crippen LogP contribution in [-0.4, -0.2) is 6.54 Å². The van der Waals surface area contributed by atoms with Gasteiger partial charge in [-0.25, -0.2) is 0 Å². The van der Waals surface area contributed by atoms with E-state index in [-0.39, 0.29) is 0 Å². The molecule has 0 saturated heterocycles. The number of nitrogens with one attached hydrogen (secondary N) is 1. The minimum Gasteiger partial charge on any atom is -0.312 e. The summed E-state index contributed by atoms with van der Waals surface area (Å²) >= 11 is 0. The number of rotatable bonds is 2. The van der Waals surface area contributed by atoms with Crippen molar-refractivity contribution in [1.29, 1.82) is 0 Å². The Morgan fingerprint density at radius 1 is 0.750 bits per heavy atom. The normalized spacial score (nSPS) is 13.6. The molecule has 0 saturated carbocycles. The van der Waals surface area contributed by atoms with E-state index < -0.39 is 0 Å². The molecule has 0 unspecified atom stereocenters. The van der Waals surface area contributed by atoms with Crippen molar-refractivity contribution in [1.82, 2.24) is 5.32 Å². The first-order chi connectivity index (χ1) is 11.7. The van der Waals surface area contributed by atoms with Crippen LogP contribution in [0.3, 0.4) is 0 Å². The molecule has 1 heterocycles. The van der Waals surface area contributed by atoms with Crippen LogP contribution < -0.4 is 5.32 Å². The summed E-state index contributed by atoms with van der Waals surface area (Å²) in [4.78, 5) is 0. The SMILES string of the molecule is Cc1ccccc1-c1cccc(-c2ccc3c(c2)CCNC3)c1C. The second-order valence-electron chi connectivity index (χ2n) is 6.70. The molecule has 0 bridgehead atoms. The zero-order valence-corrected chi connectivity index (χ0v) is 14.4. The van der Waals surface area contributed by atoms with Gasteiger partial charge in [0.05, 0.1) is 0 Å². The zero-order valence-electron chi connectivity index (χ0n) is 14.4. The maximum atomic E-state index is 3.45. The van der Waals surface area contributed by atoms with Gasteiger partial charge in [-0.3, -0.25) is 0 Å². The quantitative estimate of drug-likeness (QED) is 0.678. The summed E-state index contributed by atoms with van der Waals surface area (Å²) in [5.41, 5.74) is 11.0. The van der Waals surface area contributed by atoms with Gasteiger partial charge in [0.25, 0.3) is 0 Å². The van der Waals surface area contributed by atoms with Crippen LogP contribution in [0.4, 0.5) is 0 Å². The van der Waals surface area contributed by atoms with Gasteiger partial charge >= 0.3 is 0 Å². The largest absolute Gasteiger partial charge is 0.312 e. The average molecular weight is 313 g/mol. The lowest BCUT2D eigenvalue weighted by atomic mass is 9.89. The molecule has 3 aromatic rings. The molecule has 0 aliphatic carbocycles. The number of hydrogen-bond acceptors (Lipinski definition) is 1. The standard InChI is InChI=1S/C23H23N/c1-16-6-3-4-7-21(16)23-9-5-8-22(17(23)2)19-10-11-20-15-24-13-12-18(20)14-19/h3-11,14,24H,12-13,15H2,1-2H3. The van der Waals surface area contributed by atoms with E-state index in [1.807, 2.05) is 0 Å². The van der Waals surface area contributed by atoms with Crippen LogP contribution in [-0.2, 0) is 13.0 Å². The summed E-state index contributed by atoms with van der Waals surface area (Å²) in [6.07, 6.45) is 1.12. The fourth-order valence-corrected chi connectivity index (χ4v) is 3.76. The minimum atomic E-state index is 0.998. The third-order valence-corrected chi connectivity index (χ3v) is 5.17. The van der Waals surface area contributed by atoms with Gasteiger partial charge in [0.1, 0.15) is 0 Å². The fourth-order valence-electron chi connectivity index (χ4n) is 3.76. The Morgan fingerprint density at radius 3 is 2.42 bits per heavy atom. The molecule has 0 spiro atoms. The number of fused-ring (bicyclic) bond motifs is 1. The maximum absolute atomic E-state index is 3.45. The van der Waals surface area contributed by atoms with Crippen LogP contribution >= 0.6 is 0 Å². The smallest absolute Gasteiger partial charge is 0.0208 e. The lowest BCUT2D eigenvalue weighted by Gasteiger charge is -2.19. The minimum absolute atomic E-state index is 0.998. The summed E-state index contributed by atoms with van der Waals surface area (Å²) in [5, 5.41) is 3.45. The lowest BCUT2D eigenvalue weighted by molar-refractivity contribution is 0.644. The van der Waals surface area contributed by atoms with Gasteiger partial charge in [0, 0.05) is 6.54 Å². The monoisotopic (exact) mass is 313 g/mol. The van der Waals surface area contributed by atoms with E-state index in [2.05, 4.69) is 79.8 Å². The Morgan fingerprint density at radius 2 is 1.54 bits per heavy atom. The highest BCUT2D eigenvalue weighted by molar-refractivity contribution is 5.79. The van der Waals surface area contributed by atoms with Gasteiger partial charge < -0.3 is 5.32 Å². The first-order valence-corrected chi connectivity index (χ1v) is 8.72. The predicted molar refractivity (Wildman–Crippen MR) is 102 cm³/mol. The molecule has 0 radical (unpaired) electrons. The first kappa shape index (κ1) is 15.2. The molecule has 1 N–H and O–H groups in total. The van der Waals surface area contributed by atoms with Crippen LogP contribution in [0.5, 0.6) is 0 Å². The topological polar surface area (TPSA) is 12.0 Å². The van der Waals surface area contributed by atoms with Crippen molar-refractivity contribution in [3.05, 3.63) is 82.9 Å². The highest BCUT2D eigenvalue weighted by atomic mass is 14.9. The fraction of sp³-hybridized carbons (Fsp3) is 0.217. The lowest BCUT2D eigenvalue weighted by Crippen LogP contribution is -2.23. The van der Waals surface area contributed by atoms with Gasteiger partial charge in [0.15, 0.2) is 0 Å². The van der Waals surface area contributed by atoms with Crippen molar-refractivity contribution in [3.8, 4) is 22.3 Å². The van der Waals surface area contributed by atoms with E-state index in [0.717, 1.165) is 19.5 Å². The third-order valence-electron chi connectivity index (χ3n) is 5.17. The summed E-state index contributed by atoms with van der Waals surface area (Å²) < 4.78 is 0. The van der Waals surface area contributed by atoms with Crippen LogP contribution in [0.15, 0.2) is 60.7 Å². The molecule has 0 amide bonds. The number of aryl methyl sites for hydroxylation is 1. The molecule has 0 aromatic heterocycles. The summed E-state index contributed by atoms with van der Waals surface area (Å²) in [6, 6.07) is 22.3. The molecule has 1 nitrogen and oxygen atoms in total. The van der Waals surface area contributed by atoms with Gasteiger partial charge in [-0.05, 0) is 71.3 Å². The van der Waals surface area contributed by atoms with Crippen LogP contribution in [0, 0.1) is 13.8 Å². The Bertz CT molecular complexity index is 892. The van der Waals surface area contributed by atoms with Crippen molar-refractivity contribution < 1.29 is 0 Å². The number of hydrogen-bond donors (Lipinski definition) is 1. The van der Waals surface area contributed by atoms with Crippen LogP contribution in [0.2, 0.25) is 0 Å². The van der Waals surface area contributed by atoms with E-state index in [0.29, 0.717) is 0 Å². The van der Waals surface area contributed by atoms with Crippen LogP contribution in [0.1, 0.15) is 22.3 Å². The molecule has 4 rings (SSSR count). The van der Waals surface area contributed by atoms with Crippen molar-refractivity contribution in [3.63, 3.8) is 0 Å². The Labute approximate surface area is 144 Å². The van der Waals surface area contributed by atoms with E-state index in [4.69, 9.17) is 0 Å². The molecule has 3 aromatic carbocycles. The average Bonchev–Trinajstić information content (AvgIpc) is 2.62. The molecule has 0 atom stereocenters. The van der Waals surface area contributed by atoms with Crippen molar-refractivity contribution in [2.45, 2.75) is 26.8 Å². The summed E-state index contributed by atoms with van der Waals surface area (Å²) in [6.45, 7) is 6.52. The molecular formula is C23H23N. The highest BCUT2D eigenvalue weighted by Gasteiger charge is 2.13. The molecular weight excluding hydrogens is 290 g/mol. The zero-order chi connectivity index (χ0) is 16.5. The highest BCUT2D eigenvalue weighted by Crippen LogP contribution is 2.34. The third kappa shape index (κ3) is 2.65. The molecule has 24 heavy (non-hydrogen) atoms. The van der Waals surface area contributed by atoms with Crippen molar-refractivity contribution in [2.24, 2.45) is 0 Å². The van der Waals surface area contributed by atoms with E-state index in [1.165, 1.54) is 44.5 Å². The van der Waals surface area contributed by atoms with Crippen LogP contribution in [0.25, 0.3) is 22.3 Å². The van der Waals surface area contributed by atoms with E-state index in [1.54, 1.807) is 0 Å².